The first-order valence-electron chi connectivity index (χ1n) is 2.63. The Bertz CT molecular complexity index is 36.8. The van der Waals surface area contributed by atoms with Crippen LogP contribution < -0.4 is 0 Å². The van der Waals surface area contributed by atoms with E-state index in [1.807, 2.05) is 0 Å². The van der Waals surface area contributed by atoms with Crippen molar-refractivity contribution >= 4 is 23.1 Å². The summed E-state index contributed by atoms with van der Waals surface area (Å²) in [6.07, 6.45) is 2.58. The van der Waals surface area contributed by atoms with E-state index in [1.54, 1.807) is 0 Å². The maximum atomic E-state index is 8.21. The van der Waals surface area contributed by atoms with Crippen molar-refractivity contribution in [3.8, 4) is 0 Å². The molecule has 0 aromatic heterocycles. The molecule has 0 unspecified atom stereocenters. The number of aliphatic hydroxyl groups is 2. The van der Waals surface area contributed by atoms with E-state index in [2.05, 4.69) is 0 Å². The van der Waals surface area contributed by atoms with Crippen LogP contribution in [-0.4, -0.2) is 46.5 Å². The molecule has 0 atom stereocenters. The van der Waals surface area contributed by atoms with Crippen molar-refractivity contribution in [2.24, 2.45) is 0 Å². The van der Waals surface area contributed by atoms with Gasteiger partial charge in [0, 0.05) is 13.2 Å². The second kappa shape index (κ2) is 10.6. The standard InChI is InChI=1S/C5H12O2.Mg.2H/c6-4-2-1-3-5-7;;;/h6-7H,1-5H2;;;/q;+2;2*-1. The molecule has 0 fully saturated rings. The number of rotatable bonds is 4. The fourth-order valence-electron chi connectivity index (χ4n) is 0.400. The molecule has 0 aliphatic heterocycles. The fourth-order valence-corrected chi connectivity index (χ4v) is 0.400. The Kier molecular flexibility index (Phi) is 15.2. The minimum Gasteiger partial charge on any atom is -1.00 e. The second-order valence-corrected chi connectivity index (χ2v) is 1.51. The van der Waals surface area contributed by atoms with Crippen LogP contribution >= 0.6 is 0 Å². The topological polar surface area (TPSA) is 40.5 Å². The van der Waals surface area contributed by atoms with Gasteiger partial charge in [-0.3, -0.25) is 0 Å². The van der Waals surface area contributed by atoms with Gasteiger partial charge in [0.05, 0.1) is 0 Å². The molecule has 0 heterocycles. The molecule has 0 aliphatic carbocycles. The zero-order chi connectivity index (χ0) is 5.54. The van der Waals surface area contributed by atoms with Gasteiger partial charge in [-0.25, -0.2) is 0 Å². The van der Waals surface area contributed by atoms with Crippen LogP contribution in [0.5, 0.6) is 0 Å². The van der Waals surface area contributed by atoms with Gasteiger partial charge in [-0.15, -0.1) is 0 Å². The molecule has 0 aliphatic rings. The van der Waals surface area contributed by atoms with Crippen molar-refractivity contribution in [2.75, 3.05) is 13.2 Å². The van der Waals surface area contributed by atoms with Crippen LogP contribution in [0.2, 0.25) is 0 Å². The number of hydrogen-bond donors (Lipinski definition) is 2. The third kappa shape index (κ3) is 9.84. The molecular weight excluding hydrogens is 116 g/mol. The first kappa shape index (κ1) is 11.5. The molecular formula is C5H14MgO2. The van der Waals surface area contributed by atoms with E-state index in [4.69, 9.17) is 10.2 Å². The summed E-state index contributed by atoms with van der Waals surface area (Å²) in [6.45, 7) is 0.500. The summed E-state index contributed by atoms with van der Waals surface area (Å²) in [5.74, 6) is 0. The van der Waals surface area contributed by atoms with E-state index in [1.165, 1.54) is 0 Å². The molecule has 0 aromatic rings. The summed E-state index contributed by atoms with van der Waals surface area (Å²) < 4.78 is 0. The Balaban J connectivity index is -0.0000000600. The second-order valence-electron chi connectivity index (χ2n) is 1.51. The number of aliphatic hydroxyl groups excluding tert-OH is 2. The smallest absolute Gasteiger partial charge is 1.00 e. The van der Waals surface area contributed by atoms with Crippen LogP contribution in [0.25, 0.3) is 0 Å². The largest absolute Gasteiger partial charge is 2.00 e. The Labute approximate surface area is 69.0 Å². The number of unbranched alkanes of at least 4 members (excludes halogenated alkanes) is 2. The van der Waals surface area contributed by atoms with Gasteiger partial charge >= 0.3 is 23.1 Å². The Morgan fingerprint density at radius 3 is 1.50 bits per heavy atom. The van der Waals surface area contributed by atoms with Crippen molar-refractivity contribution in [1.82, 2.24) is 0 Å². The van der Waals surface area contributed by atoms with Gasteiger partial charge in [0.1, 0.15) is 0 Å². The molecule has 48 valence electrons. The Morgan fingerprint density at radius 1 is 0.875 bits per heavy atom. The SMILES string of the molecule is OCCCCCO.[H-].[H-].[Mg+2]. The van der Waals surface area contributed by atoms with E-state index < -0.39 is 0 Å². The average molecular weight is 130 g/mol. The van der Waals surface area contributed by atoms with Crippen LogP contribution in [0.15, 0.2) is 0 Å². The Hall–Kier alpha value is 0.686. The van der Waals surface area contributed by atoms with E-state index >= 15 is 0 Å². The molecule has 0 aromatic carbocycles. The molecule has 3 heteroatoms. The molecule has 0 spiro atoms. The summed E-state index contributed by atoms with van der Waals surface area (Å²) in [5, 5.41) is 16.4. The van der Waals surface area contributed by atoms with Crippen LogP contribution in [0.3, 0.4) is 0 Å². The monoisotopic (exact) mass is 130 g/mol. The van der Waals surface area contributed by atoms with Gasteiger partial charge in [0.25, 0.3) is 0 Å². The number of hydrogen-bond acceptors (Lipinski definition) is 2. The molecule has 2 nitrogen and oxygen atoms in total. The maximum absolute atomic E-state index is 8.21. The van der Waals surface area contributed by atoms with Gasteiger partial charge in [0.15, 0.2) is 0 Å². The Morgan fingerprint density at radius 2 is 1.25 bits per heavy atom. The van der Waals surface area contributed by atoms with Gasteiger partial charge in [-0.2, -0.15) is 0 Å². The summed E-state index contributed by atoms with van der Waals surface area (Å²) in [6, 6.07) is 0. The third-order valence-electron chi connectivity index (χ3n) is 0.816. The molecule has 0 rings (SSSR count). The molecule has 2 N–H and O–H groups in total. The van der Waals surface area contributed by atoms with Crippen LogP contribution in [0.4, 0.5) is 0 Å². The molecule has 8 heavy (non-hydrogen) atoms. The van der Waals surface area contributed by atoms with Crippen LogP contribution in [-0.2, 0) is 0 Å². The summed E-state index contributed by atoms with van der Waals surface area (Å²) in [4.78, 5) is 0. The van der Waals surface area contributed by atoms with Crippen molar-refractivity contribution in [3.63, 3.8) is 0 Å². The van der Waals surface area contributed by atoms with Crippen molar-refractivity contribution < 1.29 is 13.1 Å². The van der Waals surface area contributed by atoms with E-state index in [0.29, 0.717) is 0 Å². The zero-order valence-electron chi connectivity index (χ0n) is 7.14. The quantitative estimate of drug-likeness (QED) is 0.415. The van der Waals surface area contributed by atoms with Crippen LogP contribution in [0.1, 0.15) is 22.1 Å². The zero-order valence-corrected chi connectivity index (χ0v) is 6.55. The summed E-state index contributed by atoms with van der Waals surface area (Å²) in [5.41, 5.74) is 0. The van der Waals surface area contributed by atoms with Gasteiger partial charge in [-0.05, 0) is 19.3 Å². The van der Waals surface area contributed by atoms with Crippen molar-refractivity contribution in [1.29, 1.82) is 0 Å². The molecule has 0 radical (unpaired) electrons. The maximum Gasteiger partial charge on any atom is 2.00 e. The normalized spacial score (nSPS) is 8.25. The summed E-state index contributed by atoms with van der Waals surface area (Å²) >= 11 is 0. The third-order valence-corrected chi connectivity index (χ3v) is 0.816. The summed E-state index contributed by atoms with van der Waals surface area (Å²) in [7, 11) is 0. The van der Waals surface area contributed by atoms with Gasteiger partial charge in [0.2, 0.25) is 0 Å². The van der Waals surface area contributed by atoms with Gasteiger partial charge in [-0.1, -0.05) is 0 Å². The minimum atomic E-state index is 0. The first-order chi connectivity index (χ1) is 3.41. The minimum absolute atomic E-state index is 0. The van der Waals surface area contributed by atoms with Gasteiger partial charge < -0.3 is 13.1 Å². The fraction of sp³-hybridized carbons (Fsp3) is 1.00. The molecule has 0 amide bonds. The molecule has 0 bridgehead atoms. The van der Waals surface area contributed by atoms with E-state index in [9.17, 15) is 0 Å². The van der Waals surface area contributed by atoms with E-state index in [-0.39, 0.29) is 39.1 Å². The van der Waals surface area contributed by atoms with Crippen molar-refractivity contribution in [2.45, 2.75) is 19.3 Å². The predicted molar refractivity (Wildman–Crippen MR) is 36.0 cm³/mol. The molecule has 0 saturated heterocycles. The molecule has 0 saturated carbocycles. The van der Waals surface area contributed by atoms with Crippen LogP contribution in [0, 0.1) is 0 Å². The first-order valence-corrected chi connectivity index (χ1v) is 2.63. The van der Waals surface area contributed by atoms with Crippen molar-refractivity contribution in [3.05, 3.63) is 0 Å². The van der Waals surface area contributed by atoms with E-state index in [0.717, 1.165) is 19.3 Å². The average Bonchev–Trinajstić information content (AvgIpc) is 1.69. The predicted octanol–water partition coefficient (Wildman–Crippen LogP) is -0.0145.